The number of nitrogens with one attached hydrogen (secondary N) is 1. The summed E-state index contributed by atoms with van der Waals surface area (Å²) in [5.74, 6) is 0.631. The number of thioether (sulfide) groups is 1. The predicted molar refractivity (Wildman–Crippen MR) is 82.5 cm³/mol. The van der Waals surface area contributed by atoms with Crippen molar-refractivity contribution in [2.45, 2.75) is 37.8 Å². The summed E-state index contributed by atoms with van der Waals surface area (Å²) >= 11 is 1.59. The van der Waals surface area contributed by atoms with Crippen molar-refractivity contribution in [2.24, 2.45) is 0 Å². The Morgan fingerprint density at radius 2 is 2.00 bits per heavy atom. The van der Waals surface area contributed by atoms with E-state index < -0.39 is 0 Å². The molecule has 1 aromatic carbocycles. The maximum atomic E-state index is 11.6. The van der Waals surface area contributed by atoms with Crippen molar-refractivity contribution in [1.82, 2.24) is 10.2 Å². The lowest BCUT2D eigenvalue weighted by molar-refractivity contribution is -0.125. The summed E-state index contributed by atoms with van der Waals surface area (Å²) in [5.41, 5.74) is 1.36. The minimum absolute atomic E-state index is 0.115. The van der Waals surface area contributed by atoms with Gasteiger partial charge in [-0.3, -0.25) is 4.79 Å². The Morgan fingerprint density at radius 1 is 1.32 bits per heavy atom. The zero-order valence-electron chi connectivity index (χ0n) is 12.5. The van der Waals surface area contributed by atoms with E-state index in [0.717, 1.165) is 11.4 Å². The summed E-state index contributed by atoms with van der Waals surface area (Å²) in [4.78, 5) is 14.3. The lowest BCUT2D eigenvalue weighted by Gasteiger charge is -2.20. The minimum atomic E-state index is 0.115. The fraction of sp³-hybridized carbons (Fsp3) is 0.533. The lowest BCUT2D eigenvalue weighted by Crippen LogP contribution is -2.35. The van der Waals surface area contributed by atoms with Crippen molar-refractivity contribution in [2.75, 3.05) is 19.8 Å². The van der Waals surface area contributed by atoms with Crippen LogP contribution in [0.1, 0.15) is 26.3 Å². The Labute approximate surface area is 120 Å². The molecule has 106 valence electrons. The number of hydrogen-bond acceptors (Lipinski definition) is 3. The predicted octanol–water partition coefficient (Wildman–Crippen LogP) is 2.76. The fourth-order valence-electron chi connectivity index (χ4n) is 1.39. The van der Waals surface area contributed by atoms with E-state index in [-0.39, 0.29) is 11.4 Å². The van der Waals surface area contributed by atoms with Crippen LogP contribution in [0.15, 0.2) is 29.2 Å². The third-order valence-electron chi connectivity index (χ3n) is 2.58. The molecule has 3 nitrogen and oxygen atoms in total. The second-order valence-electron chi connectivity index (χ2n) is 5.83. The standard InChI is InChI=1S/C15H24N2OS/c1-15(2,3)16-10-12-7-6-8-13(9-12)19-11-14(18)17(4)5/h6-9,16H,10-11H2,1-5H3. The summed E-state index contributed by atoms with van der Waals surface area (Å²) in [6, 6.07) is 8.35. The molecule has 0 saturated carbocycles. The van der Waals surface area contributed by atoms with Gasteiger partial charge in [0.05, 0.1) is 5.75 Å². The van der Waals surface area contributed by atoms with Crippen LogP contribution < -0.4 is 5.32 Å². The van der Waals surface area contributed by atoms with Crippen LogP contribution in [0.5, 0.6) is 0 Å². The first kappa shape index (κ1) is 16.1. The third-order valence-corrected chi connectivity index (χ3v) is 3.56. The van der Waals surface area contributed by atoms with Crippen LogP contribution >= 0.6 is 11.8 Å². The number of amides is 1. The van der Waals surface area contributed by atoms with Crippen LogP contribution in [0, 0.1) is 0 Å². The monoisotopic (exact) mass is 280 g/mol. The van der Waals surface area contributed by atoms with E-state index in [0.29, 0.717) is 5.75 Å². The molecule has 0 saturated heterocycles. The quantitative estimate of drug-likeness (QED) is 0.842. The Hall–Kier alpha value is -1.00. The van der Waals surface area contributed by atoms with Crippen LogP contribution in [0.3, 0.4) is 0 Å². The van der Waals surface area contributed by atoms with Crippen molar-refractivity contribution in [1.29, 1.82) is 0 Å². The average Bonchev–Trinajstić information content (AvgIpc) is 2.33. The first-order valence-corrected chi connectivity index (χ1v) is 7.43. The summed E-state index contributed by atoms with van der Waals surface area (Å²) in [5, 5.41) is 3.46. The molecule has 0 aliphatic rings. The molecule has 1 N–H and O–H groups in total. The average molecular weight is 280 g/mol. The number of carbonyl (C=O) groups excluding carboxylic acids is 1. The van der Waals surface area contributed by atoms with Gasteiger partial charge in [-0.2, -0.15) is 0 Å². The van der Waals surface area contributed by atoms with Crippen LogP contribution in [-0.4, -0.2) is 36.2 Å². The largest absolute Gasteiger partial charge is 0.348 e. The Balaban J connectivity index is 2.55. The normalized spacial score (nSPS) is 11.4. The highest BCUT2D eigenvalue weighted by molar-refractivity contribution is 8.00. The zero-order valence-corrected chi connectivity index (χ0v) is 13.3. The lowest BCUT2D eigenvalue weighted by atomic mass is 10.1. The summed E-state index contributed by atoms with van der Waals surface area (Å²) in [6.45, 7) is 7.31. The molecule has 1 aromatic rings. The summed E-state index contributed by atoms with van der Waals surface area (Å²) < 4.78 is 0. The number of hydrogen-bond donors (Lipinski definition) is 1. The maximum absolute atomic E-state index is 11.6. The maximum Gasteiger partial charge on any atom is 0.232 e. The molecule has 0 aromatic heterocycles. The van der Waals surface area contributed by atoms with Gasteiger partial charge in [0.15, 0.2) is 0 Å². The molecule has 1 rings (SSSR count). The second kappa shape index (κ2) is 6.96. The molecule has 0 bridgehead atoms. The van der Waals surface area contributed by atoms with Crippen molar-refractivity contribution in [3.05, 3.63) is 29.8 Å². The van der Waals surface area contributed by atoms with Gasteiger partial charge in [0, 0.05) is 31.1 Å². The Morgan fingerprint density at radius 3 is 2.58 bits per heavy atom. The van der Waals surface area contributed by atoms with Gasteiger partial charge in [0.1, 0.15) is 0 Å². The van der Waals surface area contributed by atoms with Gasteiger partial charge in [-0.25, -0.2) is 0 Å². The smallest absolute Gasteiger partial charge is 0.232 e. The van der Waals surface area contributed by atoms with Crippen LogP contribution in [0.2, 0.25) is 0 Å². The summed E-state index contributed by atoms with van der Waals surface area (Å²) in [6.07, 6.45) is 0. The van der Waals surface area contributed by atoms with Crippen LogP contribution in [-0.2, 0) is 11.3 Å². The third kappa shape index (κ3) is 6.64. The molecule has 0 aliphatic heterocycles. The molecule has 1 amide bonds. The number of nitrogens with zero attached hydrogens (tertiary/aromatic N) is 1. The number of rotatable bonds is 5. The molecular weight excluding hydrogens is 256 g/mol. The topological polar surface area (TPSA) is 32.3 Å². The first-order chi connectivity index (χ1) is 8.78. The summed E-state index contributed by atoms with van der Waals surface area (Å²) in [7, 11) is 3.57. The molecule has 0 heterocycles. The first-order valence-electron chi connectivity index (χ1n) is 6.45. The minimum Gasteiger partial charge on any atom is -0.348 e. The van der Waals surface area contributed by atoms with Crippen molar-refractivity contribution in [3.8, 4) is 0 Å². The fourth-order valence-corrected chi connectivity index (χ4v) is 2.34. The molecule has 0 aliphatic carbocycles. The van der Waals surface area contributed by atoms with Gasteiger partial charge in [0.25, 0.3) is 0 Å². The molecule has 0 spiro atoms. The second-order valence-corrected chi connectivity index (χ2v) is 6.88. The van der Waals surface area contributed by atoms with Gasteiger partial charge in [-0.05, 0) is 38.5 Å². The Bertz CT molecular complexity index is 424. The highest BCUT2D eigenvalue weighted by Gasteiger charge is 2.09. The SMILES string of the molecule is CN(C)C(=O)CSc1cccc(CNC(C)(C)C)c1. The van der Waals surface area contributed by atoms with E-state index in [1.165, 1.54) is 5.56 Å². The molecule has 4 heteroatoms. The molecule has 0 unspecified atom stereocenters. The molecule has 0 atom stereocenters. The van der Waals surface area contributed by atoms with Crippen LogP contribution in [0.25, 0.3) is 0 Å². The van der Waals surface area contributed by atoms with Crippen molar-refractivity contribution in [3.63, 3.8) is 0 Å². The van der Waals surface area contributed by atoms with Gasteiger partial charge in [-0.15, -0.1) is 11.8 Å². The van der Waals surface area contributed by atoms with Gasteiger partial charge in [-0.1, -0.05) is 12.1 Å². The highest BCUT2D eigenvalue weighted by Crippen LogP contribution is 2.19. The molecule has 0 fully saturated rings. The van der Waals surface area contributed by atoms with Crippen molar-refractivity contribution < 1.29 is 4.79 Å². The molecule has 0 radical (unpaired) electrons. The Kier molecular flexibility index (Phi) is 5.88. The van der Waals surface area contributed by atoms with Crippen molar-refractivity contribution >= 4 is 17.7 Å². The van der Waals surface area contributed by atoms with E-state index in [4.69, 9.17) is 0 Å². The highest BCUT2D eigenvalue weighted by atomic mass is 32.2. The van der Waals surface area contributed by atoms with E-state index in [2.05, 4.69) is 38.2 Å². The van der Waals surface area contributed by atoms with E-state index in [1.54, 1.807) is 30.8 Å². The zero-order chi connectivity index (χ0) is 14.5. The number of benzene rings is 1. The van der Waals surface area contributed by atoms with Gasteiger partial charge < -0.3 is 10.2 Å². The number of carbonyl (C=O) groups is 1. The van der Waals surface area contributed by atoms with Gasteiger partial charge in [0.2, 0.25) is 5.91 Å². The van der Waals surface area contributed by atoms with E-state index in [1.807, 2.05) is 12.1 Å². The molecule has 19 heavy (non-hydrogen) atoms. The van der Waals surface area contributed by atoms with Gasteiger partial charge >= 0.3 is 0 Å². The molecular formula is C15H24N2OS. The van der Waals surface area contributed by atoms with E-state index in [9.17, 15) is 4.79 Å². The van der Waals surface area contributed by atoms with E-state index >= 15 is 0 Å². The van der Waals surface area contributed by atoms with Crippen LogP contribution in [0.4, 0.5) is 0 Å².